The average molecular weight is 493 g/mol. The number of nitrogens with zero attached hydrogens (tertiary/aromatic N) is 3. The van der Waals surface area contributed by atoms with Gasteiger partial charge in [0.2, 0.25) is 11.0 Å². The van der Waals surface area contributed by atoms with E-state index >= 15 is 0 Å². The number of anilines is 2. The molecule has 1 aromatic heterocycles. The van der Waals surface area contributed by atoms with E-state index in [-0.39, 0.29) is 15.8 Å². The van der Waals surface area contributed by atoms with Crippen LogP contribution in [0.15, 0.2) is 63.8 Å². The molecule has 1 N–H and O–H groups in total. The summed E-state index contributed by atoms with van der Waals surface area (Å²) in [5, 5.41) is 10.5. The van der Waals surface area contributed by atoms with Gasteiger partial charge in [-0.05, 0) is 31.2 Å². The Kier molecular flexibility index (Phi) is 7.83. The van der Waals surface area contributed by atoms with Crippen molar-refractivity contribution in [2.24, 2.45) is 0 Å². The molecule has 0 saturated carbocycles. The number of benzene rings is 2. The topological polar surface area (TPSA) is 119 Å². The first-order valence-electron chi connectivity index (χ1n) is 9.27. The maximum absolute atomic E-state index is 13.3. The van der Waals surface area contributed by atoms with Crippen molar-refractivity contribution < 1.29 is 22.7 Å². The van der Waals surface area contributed by atoms with Gasteiger partial charge in [-0.3, -0.25) is 19.2 Å². The zero-order valence-corrected chi connectivity index (χ0v) is 19.7. The lowest BCUT2D eigenvalue weighted by atomic mass is 10.2. The van der Waals surface area contributed by atoms with E-state index in [1.807, 2.05) is 6.92 Å². The smallest absolute Gasteiger partial charge is 0.316 e. The Morgan fingerprint density at radius 1 is 1.09 bits per heavy atom. The minimum Gasteiger partial charge on any atom is -0.468 e. The zero-order valence-electron chi connectivity index (χ0n) is 17.2. The minimum atomic E-state index is -3.99. The third-order valence-electron chi connectivity index (χ3n) is 4.13. The number of esters is 1. The summed E-state index contributed by atoms with van der Waals surface area (Å²) in [5.41, 5.74) is 1.32. The van der Waals surface area contributed by atoms with Crippen LogP contribution in [0.25, 0.3) is 0 Å². The van der Waals surface area contributed by atoms with Gasteiger partial charge < -0.3 is 4.74 Å². The Bertz CT molecular complexity index is 1180. The number of nitrogens with one attached hydrogen (secondary N) is 1. The third-order valence-corrected chi connectivity index (χ3v) is 7.87. The highest BCUT2D eigenvalue weighted by Crippen LogP contribution is 2.27. The van der Waals surface area contributed by atoms with Gasteiger partial charge in [0.05, 0.1) is 23.4 Å². The molecule has 1 amide bonds. The molecule has 2 aromatic carbocycles. The third kappa shape index (κ3) is 6.05. The van der Waals surface area contributed by atoms with Gasteiger partial charge in [0.1, 0.15) is 6.54 Å². The van der Waals surface area contributed by atoms with Crippen molar-refractivity contribution in [3.8, 4) is 0 Å². The zero-order chi connectivity index (χ0) is 23.1. The molecule has 0 atom stereocenters. The molecule has 0 bridgehead atoms. The highest BCUT2D eigenvalue weighted by atomic mass is 32.2. The van der Waals surface area contributed by atoms with Gasteiger partial charge >= 0.3 is 5.97 Å². The van der Waals surface area contributed by atoms with E-state index in [1.54, 1.807) is 42.5 Å². The molecule has 9 nitrogen and oxygen atoms in total. The van der Waals surface area contributed by atoms with Gasteiger partial charge in [0.15, 0.2) is 4.34 Å². The number of methoxy groups -OCH3 is 1. The van der Waals surface area contributed by atoms with Gasteiger partial charge in [-0.15, -0.1) is 10.2 Å². The lowest BCUT2D eigenvalue weighted by Gasteiger charge is -2.24. The fourth-order valence-electron chi connectivity index (χ4n) is 2.53. The number of aromatic nitrogens is 2. The first-order chi connectivity index (χ1) is 15.3. The lowest BCUT2D eigenvalue weighted by Crippen LogP contribution is -2.38. The molecule has 3 rings (SSSR count). The average Bonchev–Trinajstić information content (AvgIpc) is 3.24. The quantitative estimate of drug-likeness (QED) is 0.275. The van der Waals surface area contributed by atoms with Crippen molar-refractivity contribution in [1.82, 2.24) is 10.2 Å². The van der Waals surface area contributed by atoms with Crippen LogP contribution in [0.5, 0.6) is 0 Å². The maximum atomic E-state index is 13.3. The lowest BCUT2D eigenvalue weighted by molar-refractivity contribution is -0.137. The molecule has 0 aliphatic rings. The first kappa shape index (κ1) is 23.7. The molecule has 0 radical (unpaired) electrons. The molecular formula is C20H20N4O5S3. The Labute approximate surface area is 193 Å². The van der Waals surface area contributed by atoms with E-state index in [4.69, 9.17) is 0 Å². The second-order valence-electron chi connectivity index (χ2n) is 6.45. The van der Waals surface area contributed by atoms with E-state index < -0.39 is 28.4 Å². The molecule has 0 aliphatic carbocycles. The second kappa shape index (κ2) is 10.6. The summed E-state index contributed by atoms with van der Waals surface area (Å²) in [5.74, 6) is -0.920. The van der Waals surface area contributed by atoms with Gasteiger partial charge in [0.25, 0.3) is 10.0 Å². The van der Waals surface area contributed by atoms with Crippen molar-refractivity contribution in [3.05, 3.63) is 60.2 Å². The van der Waals surface area contributed by atoms with Crippen molar-refractivity contribution >= 4 is 55.8 Å². The SMILES string of the molecule is COC(=O)CSc1nnc(NC(=O)CN(c2ccc(C)cc2)S(=O)(=O)c2ccccc2)s1. The number of carbonyl (C=O) groups excluding carboxylic acids is 2. The fraction of sp³-hybridized carbons (Fsp3) is 0.200. The molecule has 0 saturated heterocycles. The number of sulfonamides is 1. The predicted molar refractivity (Wildman–Crippen MR) is 123 cm³/mol. The monoisotopic (exact) mass is 492 g/mol. The summed E-state index contributed by atoms with van der Waals surface area (Å²) >= 11 is 2.20. The van der Waals surface area contributed by atoms with Crippen molar-refractivity contribution in [1.29, 1.82) is 0 Å². The highest BCUT2D eigenvalue weighted by Gasteiger charge is 2.27. The van der Waals surface area contributed by atoms with E-state index in [9.17, 15) is 18.0 Å². The van der Waals surface area contributed by atoms with Gasteiger partial charge in [0, 0.05) is 0 Å². The number of rotatable bonds is 9. The van der Waals surface area contributed by atoms with Crippen LogP contribution in [0.3, 0.4) is 0 Å². The van der Waals surface area contributed by atoms with Crippen molar-refractivity contribution in [2.45, 2.75) is 16.2 Å². The van der Waals surface area contributed by atoms with Crippen LogP contribution in [0, 0.1) is 6.92 Å². The first-order valence-corrected chi connectivity index (χ1v) is 12.5. The fourth-order valence-corrected chi connectivity index (χ4v) is 5.58. The number of thioether (sulfide) groups is 1. The standard InChI is InChI=1S/C20H20N4O5S3/c1-14-8-10-15(11-9-14)24(32(27,28)16-6-4-3-5-7-16)12-17(25)21-19-22-23-20(31-19)30-13-18(26)29-2/h3-11H,12-13H2,1-2H3,(H,21,22,25). The molecule has 0 spiro atoms. The highest BCUT2D eigenvalue weighted by molar-refractivity contribution is 8.01. The van der Waals surface area contributed by atoms with E-state index in [2.05, 4.69) is 20.3 Å². The van der Waals surface area contributed by atoms with E-state index in [0.29, 0.717) is 10.0 Å². The summed E-state index contributed by atoms with van der Waals surface area (Å²) < 4.78 is 32.6. The normalized spacial score (nSPS) is 11.1. The van der Waals surface area contributed by atoms with E-state index in [0.717, 1.165) is 33.0 Å². The molecule has 32 heavy (non-hydrogen) atoms. The molecule has 0 fully saturated rings. The van der Waals surface area contributed by atoms with Crippen LogP contribution in [0.2, 0.25) is 0 Å². The van der Waals surface area contributed by atoms with Gasteiger partial charge in [-0.1, -0.05) is 59.0 Å². The number of hydrogen-bond acceptors (Lipinski definition) is 9. The van der Waals surface area contributed by atoms with Crippen molar-refractivity contribution in [2.75, 3.05) is 29.0 Å². The number of amides is 1. The predicted octanol–water partition coefficient (Wildman–Crippen LogP) is 2.95. The van der Waals surface area contributed by atoms with Crippen molar-refractivity contribution in [3.63, 3.8) is 0 Å². The van der Waals surface area contributed by atoms with Gasteiger partial charge in [-0.2, -0.15) is 0 Å². The number of carbonyl (C=O) groups is 2. The Morgan fingerprint density at radius 3 is 2.44 bits per heavy atom. The van der Waals surface area contributed by atoms with E-state index in [1.165, 1.54) is 19.2 Å². The summed E-state index contributed by atoms with van der Waals surface area (Å²) in [6.07, 6.45) is 0. The number of ether oxygens (including phenoxy) is 1. The largest absolute Gasteiger partial charge is 0.468 e. The molecule has 12 heteroatoms. The summed E-state index contributed by atoms with van der Waals surface area (Å²) in [7, 11) is -2.70. The summed E-state index contributed by atoms with van der Waals surface area (Å²) in [6, 6.07) is 14.8. The Morgan fingerprint density at radius 2 is 1.78 bits per heavy atom. The van der Waals surface area contributed by atoms with Crippen LogP contribution >= 0.6 is 23.1 Å². The molecule has 0 aliphatic heterocycles. The Balaban J connectivity index is 1.78. The molecule has 168 valence electrons. The molecule has 3 aromatic rings. The van der Waals surface area contributed by atoms with Crippen LogP contribution in [0.4, 0.5) is 10.8 Å². The van der Waals surface area contributed by atoms with Crippen LogP contribution in [-0.2, 0) is 24.3 Å². The number of hydrogen-bond donors (Lipinski definition) is 1. The molecular weight excluding hydrogens is 472 g/mol. The molecule has 1 heterocycles. The summed E-state index contributed by atoms with van der Waals surface area (Å²) in [6.45, 7) is 1.43. The summed E-state index contributed by atoms with van der Waals surface area (Å²) in [4.78, 5) is 24.0. The number of aryl methyl sites for hydroxylation is 1. The Hall–Kier alpha value is -2.96. The van der Waals surface area contributed by atoms with Crippen LogP contribution in [0.1, 0.15) is 5.56 Å². The second-order valence-corrected chi connectivity index (χ2v) is 10.5. The van der Waals surface area contributed by atoms with Crippen LogP contribution < -0.4 is 9.62 Å². The molecule has 0 unspecified atom stereocenters. The van der Waals surface area contributed by atoms with Gasteiger partial charge in [-0.25, -0.2) is 8.42 Å². The van der Waals surface area contributed by atoms with Crippen LogP contribution in [-0.4, -0.2) is 49.9 Å². The maximum Gasteiger partial charge on any atom is 0.316 e. The minimum absolute atomic E-state index is 0.0651.